The van der Waals surface area contributed by atoms with E-state index < -0.39 is 0 Å². The van der Waals surface area contributed by atoms with E-state index in [1.54, 1.807) is 26.1 Å². The van der Waals surface area contributed by atoms with Gasteiger partial charge in [0.2, 0.25) is 0 Å². The molecule has 0 fully saturated rings. The van der Waals surface area contributed by atoms with Crippen LogP contribution < -0.4 is 4.74 Å². The summed E-state index contributed by atoms with van der Waals surface area (Å²) < 4.78 is 6.13. The Morgan fingerprint density at radius 2 is 1.83 bits per heavy atom. The van der Waals surface area contributed by atoms with Crippen LogP contribution in [0.2, 0.25) is 0 Å². The summed E-state index contributed by atoms with van der Waals surface area (Å²) in [6.45, 7) is 6.35. The van der Waals surface area contributed by atoms with Gasteiger partial charge in [0.15, 0.2) is 0 Å². The van der Waals surface area contributed by atoms with Crippen LogP contribution in [0.5, 0.6) is 5.75 Å². The second-order valence-corrected chi connectivity index (χ2v) is 6.34. The molecule has 18 heavy (non-hydrogen) atoms. The Morgan fingerprint density at radius 1 is 1.28 bits per heavy atom. The van der Waals surface area contributed by atoms with Gasteiger partial charge in [0.25, 0.3) is 5.91 Å². The van der Waals surface area contributed by atoms with E-state index in [4.69, 9.17) is 4.74 Å². The third-order valence-electron chi connectivity index (χ3n) is 2.75. The number of carbonyl (C=O) groups excluding carboxylic acids is 1. The van der Waals surface area contributed by atoms with Crippen molar-refractivity contribution in [2.45, 2.75) is 26.2 Å². The van der Waals surface area contributed by atoms with Crippen molar-refractivity contribution < 1.29 is 9.53 Å². The Kier molecular flexibility index (Phi) is 4.43. The zero-order valence-corrected chi connectivity index (χ0v) is 13.4. The second-order valence-electron chi connectivity index (χ2n) is 5.49. The summed E-state index contributed by atoms with van der Waals surface area (Å²) in [5.41, 5.74) is 1.66. The van der Waals surface area contributed by atoms with Crippen LogP contribution in [0.4, 0.5) is 0 Å². The number of hydrogen-bond donors (Lipinski definition) is 0. The number of carbonyl (C=O) groups is 1. The van der Waals surface area contributed by atoms with Crippen LogP contribution in [-0.4, -0.2) is 32.0 Å². The fraction of sp³-hybridized carbons (Fsp3) is 0.500. The quantitative estimate of drug-likeness (QED) is 0.837. The van der Waals surface area contributed by atoms with E-state index in [0.29, 0.717) is 11.3 Å². The Labute approximate surface area is 117 Å². The normalized spacial score (nSPS) is 11.3. The average molecular weight is 314 g/mol. The first-order valence-electron chi connectivity index (χ1n) is 5.78. The lowest BCUT2D eigenvalue weighted by Crippen LogP contribution is -2.23. The molecule has 0 saturated carbocycles. The van der Waals surface area contributed by atoms with Crippen LogP contribution >= 0.6 is 15.9 Å². The first-order valence-corrected chi connectivity index (χ1v) is 6.57. The first kappa shape index (κ1) is 15.0. The molecule has 0 saturated heterocycles. The number of rotatable bonds is 2. The molecule has 1 rings (SSSR count). The highest BCUT2D eigenvalue weighted by Gasteiger charge is 2.22. The van der Waals surface area contributed by atoms with Gasteiger partial charge in [0.05, 0.1) is 17.1 Å². The summed E-state index contributed by atoms with van der Waals surface area (Å²) >= 11 is 3.47. The summed E-state index contributed by atoms with van der Waals surface area (Å²) in [6, 6.07) is 3.91. The van der Waals surface area contributed by atoms with Crippen LogP contribution in [0.25, 0.3) is 0 Å². The lowest BCUT2D eigenvalue weighted by atomic mass is 9.86. The van der Waals surface area contributed by atoms with Crippen molar-refractivity contribution in [1.29, 1.82) is 0 Å². The summed E-state index contributed by atoms with van der Waals surface area (Å²) in [5.74, 6) is 0.528. The van der Waals surface area contributed by atoms with E-state index in [9.17, 15) is 4.79 Å². The van der Waals surface area contributed by atoms with Gasteiger partial charge in [-0.15, -0.1) is 0 Å². The van der Waals surface area contributed by atoms with Crippen LogP contribution in [0.15, 0.2) is 16.6 Å². The van der Waals surface area contributed by atoms with Gasteiger partial charge < -0.3 is 9.64 Å². The smallest absolute Gasteiger partial charge is 0.257 e. The molecule has 0 spiro atoms. The Bertz CT molecular complexity index is 462. The molecular weight excluding hydrogens is 294 g/mol. The first-order chi connectivity index (χ1) is 8.18. The number of hydrogen-bond acceptors (Lipinski definition) is 2. The zero-order chi connectivity index (χ0) is 14.1. The highest BCUT2D eigenvalue weighted by atomic mass is 79.9. The Balaban J connectivity index is 3.47. The number of halogens is 1. The molecule has 0 N–H and O–H groups in total. The van der Waals surface area contributed by atoms with E-state index in [2.05, 4.69) is 36.7 Å². The van der Waals surface area contributed by atoms with Crippen molar-refractivity contribution in [1.82, 2.24) is 4.90 Å². The van der Waals surface area contributed by atoms with Gasteiger partial charge >= 0.3 is 0 Å². The third kappa shape index (κ3) is 3.05. The molecule has 0 heterocycles. The molecule has 0 atom stereocenters. The van der Waals surface area contributed by atoms with E-state index in [1.807, 2.05) is 12.1 Å². The van der Waals surface area contributed by atoms with Crippen LogP contribution in [0, 0.1) is 0 Å². The van der Waals surface area contributed by atoms with Gasteiger partial charge in [-0.05, 0) is 39.0 Å². The van der Waals surface area contributed by atoms with Crippen LogP contribution in [0.3, 0.4) is 0 Å². The number of nitrogens with zero attached hydrogens (tertiary/aromatic N) is 1. The third-order valence-corrected chi connectivity index (χ3v) is 3.34. The van der Waals surface area contributed by atoms with Crippen molar-refractivity contribution in [3.8, 4) is 5.75 Å². The largest absolute Gasteiger partial charge is 0.495 e. The number of ether oxygens (including phenoxy) is 1. The molecule has 0 unspecified atom stereocenters. The number of methoxy groups -OCH3 is 1. The van der Waals surface area contributed by atoms with Gasteiger partial charge in [0, 0.05) is 14.1 Å². The summed E-state index contributed by atoms with van der Waals surface area (Å²) in [7, 11) is 5.04. The van der Waals surface area contributed by atoms with Gasteiger partial charge in [-0.1, -0.05) is 20.8 Å². The molecule has 0 aliphatic rings. The standard InChI is InChI=1S/C14H20BrNO2/c1-14(2,3)9-7-10(13(17)16(4)5)12(18-6)11(15)8-9/h7-8H,1-6H3. The molecule has 1 amide bonds. The van der Waals surface area contributed by atoms with Gasteiger partial charge in [0.1, 0.15) is 5.75 Å². The minimum absolute atomic E-state index is 0.0177. The maximum atomic E-state index is 12.2. The lowest BCUT2D eigenvalue weighted by Gasteiger charge is -2.23. The maximum absolute atomic E-state index is 12.2. The van der Waals surface area contributed by atoms with Gasteiger partial charge in [-0.3, -0.25) is 4.79 Å². The SMILES string of the molecule is COc1c(Br)cc(C(C)(C)C)cc1C(=O)N(C)C. The number of amides is 1. The minimum Gasteiger partial charge on any atom is -0.495 e. The van der Waals surface area contributed by atoms with Crippen molar-refractivity contribution >= 4 is 21.8 Å². The lowest BCUT2D eigenvalue weighted by molar-refractivity contribution is 0.0824. The average Bonchev–Trinajstić information content (AvgIpc) is 2.25. The molecular formula is C14H20BrNO2. The van der Waals surface area contributed by atoms with E-state index >= 15 is 0 Å². The van der Waals surface area contributed by atoms with Gasteiger partial charge in [-0.2, -0.15) is 0 Å². The molecule has 1 aromatic rings. The van der Waals surface area contributed by atoms with Crippen LogP contribution in [0.1, 0.15) is 36.7 Å². The second kappa shape index (κ2) is 5.31. The zero-order valence-electron chi connectivity index (χ0n) is 11.8. The molecule has 3 nitrogen and oxygen atoms in total. The van der Waals surface area contributed by atoms with Crippen molar-refractivity contribution in [3.63, 3.8) is 0 Å². The molecule has 0 radical (unpaired) electrons. The Morgan fingerprint density at radius 3 is 2.22 bits per heavy atom. The monoisotopic (exact) mass is 313 g/mol. The highest BCUT2D eigenvalue weighted by molar-refractivity contribution is 9.10. The topological polar surface area (TPSA) is 29.5 Å². The van der Waals surface area contributed by atoms with E-state index in [1.165, 1.54) is 0 Å². The predicted molar refractivity (Wildman–Crippen MR) is 77.4 cm³/mol. The fourth-order valence-corrected chi connectivity index (χ4v) is 2.26. The van der Waals surface area contributed by atoms with Crippen molar-refractivity contribution in [2.75, 3.05) is 21.2 Å². The predicted octanol–water partition coefficient (Wildman–Crippen LogP) is 3.46. The molecule has 0 aromatic heterocycles. The molecule has 0 aliphatic carbocycles. The molecule has 100 valence electrons. The fourth-order valence-electron chi connectivity index (χ4n) is 1.63. The molecule has 0 bridgehead atoms. The van der Waals surface area contributed by atoms with Gasteiger partial charge in [-0.25, -0.2) is 0 Å². The van der Waals surface area contributed by atoms with Crippen LogP contribution in [-0.2, 0) is 5.41 Å². The highest BCUT2D eigenvalue weighted by Crippen LogP contribution is 2.35. The van der Waals surface area contributed by atoms with Crippen molar-refractivity contribution in [3.05, 3.63) is 27.7 Å². The molecule has 0 aliphatic heterocycles. The van der Waals surface area contributed by atoms with E-state index in [-0.39, 0.29) is 11.3 Å². The number of benzene rings is 1. The molecule has 1 aromatic carbocycles. The summed E-state index contributed by atoms with van der Waals surface area (Å²) in [5, 5.41) is 0. The summed E-state index contributed by atoms with van der Waals surface area (Å²) in [4.78, 5) is 13.7. The Hall–Kier alpha value is -1.03. The summed E-state index contributed by atoms with van der Waals surface area (Å²) in [6.07, 6.45) is 0. The molecule has 4 heteroatoms. The minimum atomic E-state index is -0.0568. The van der Waals surface area contributed by atoms with Crippen molar-refractivity contribution in [2.24, 2.45) is 0 Å². The van der Waals surface area contributed by atoms with E-state index in [0.717, 1.165) is 10.0 Å². The maximum Gasteiger partial charge on any atom is 0.257 e.